The molecule has 0 bridgehead atoms. The van der Waals surface area contributed by atoms with Crippen molar-refractivity contribution < 1.29 is 14.3 Å². The summed E-state index contributed by atoms with van der Waals surface area (Å²) in [6, 6.07) is 5.45. The molecule has 1 N–H and O–H groups in total. The molecular weight excluding hydrogens is 436 g/mol. The zero-order chi connectivity index (χ0) is 23.2. The number of hydrogen-bond donors (Lipinski definition) is 1. The Morgan fingerprint density at radius 3 is 2.64 bits per heavy atom. The van der Waals surface area contributed by atoms with Crippen LogP contribution >= 0.6 is 11.3 Å². The van der Waals surface area contributed by atoms with Crippen LogP contribution in [0.4, 0.5) is 0 Å². The number of rotatable bonds is 8. The minimum absolute atomic E-state index is 0.173. The van der Waals surface area contributed by atoms with Crippen LogP contribution in [-0.4, -0.2) is 40.7 Å². The highest BCUT2D eigenvalue weighted by molar-refractivity contribution is 7.15. The van der Waals surface area contributed by atoms with Crippen molar-refractivity contribution in [2.45, 2.75) is 46.1 Å². The highest BCUT2D eigenvalue weighted by Crippen LogP contribution is 2.31. The molecule has 0 saturated carbocycles. The van der Waals surface area contributed by atoms with Crippen LogP contribution in [0.1, 0.15) is 59.4 Å². The van der Waals surface area contributed by atoms with Gasteiger partial charge < -0.3 is 14.8 Å². The van der Waals surface area contributed by atoms with Gasteiger partial charge in [0.1, 0.15) is 16.6 Å². The number of hydrogen-bond acceptors (Lipinski definition) is 7. The first kappa shape index (κ1) is 23.3. The number of aromatic nitrogens is 3. The number of benzene rings is 1. The predicted octanol–water partition coefficient (Wildman–Crippen LogP) is 4.77. The molecule has 2 aromatic heterocycles. The van der Waals surface area contributed by atoms with Crippen LogP contribution in [0.3, 0.4) is 0 Å². The summed E-state index contributed by atoms with van der Waals surface area (Å²) in [6.07, 6.45) is 8.31. The fourth-order valence-corrected chi connectivity index (χ4v) is 4.50. The van der Waals surface area contributed by atoms with E-state index in [1.807, 2.05) is 38.2 Å². The molecule has 4 rings (SSSR count). The van der Waals surface area contributed by atoms with Gasteiger partial charge in [-0.3, -0.25) is 4.79 Å². The maximum Gasteiger partial charge on any atom is 0.251 e. The first-order valence-corrected chi connectivity index (χ1v) is 12.2. The van der Waals surface area contributed by atoms with Crippen molar-refractivity contribution in [2.75, 3.05) is 19.8 Å². The van der Waals surface area contributed by atoms with Crippen molar-refractivity contribution in [2.24, 2.45) is 5.92 Å². The molecule has 1 amide bonds. The van der Waals surface area contributed by atoms with E-state index in [1.54, 1.807) is 23.7 Å². The maximum absolute atomic E-state index is 13.2. The zero-order valence-electron chi connectivity index (χ0n) is 19.3. The van der Waals surface area contributed by atoms with Crippen molar-refractivity contribution in [1.82, 2.24) is 20.3 Å². The molecule has 1 aromatic carbocycles. The quantitative estimate of drug-likeness (QED) is 0.515. The second kappa shape index (κ2) is 10.9. The van der Waals surface area contributed by atoms with Gasteiger partial charge in [0.05, 0.1) is 12.6 Å². The minimum Gasteiger partial charge on any atom is -0.493 e. The Kier molecular flexibility index (Phi) is 7.67. The van der Waals surface area contributed by atoms with E-state index in [0.717, 1.165) is 48.6 Å². The minimum atomic E-state index is -0.222. The van der Waals surface area contributed by atoms with Crippen molar-refractivity contribution in [3.63, 3.8) is 0 Å². The van der Waals surface area contributed by atoms with E-state index in [-0.39, 0.29) is 11.9 Å². The summed E-state index contributed by atoms with van der Waals surface area (Å²) in [4.78, 5) is 27.4. The summed E-state index contributed by atoms with van der Waals surface area (Å²) in [6.45, 7) is 8.04. The van der Waals surface area contributed by atoms with Gasteiger partial charge in [-0.15, -0.1) is 11.3 Å². The molecule has 1 aliphatic rings. The number of amides is 1. The highest BCUT2D eigenvalue weighted by atomic mass is 32.1. The lowest BCUT2D eigenvalue weighted by atomic mass is 10.0. The van der Waals surface area contributed by atoms with Crippen LogP contribution < -0.4 is 10.1 Å². The Bertz CT molecular complexity index is 1080. The number of ether oxygens (including phenoxy) is 2. The summed E-state index contributed by atoms with van der Waals surface area (Å²) >= 11 is 1.64. The molecule has 3 heterocycles. The average molecular weight is 467 g/mol. The van der Waals surface area contributed by atoms with Crippen LogP contribution in [0.2, 0.25) is 0 Å². The Morgan fingerprint density at radius 1 is 1.18 bits per heavy atom. The van der Waals surface area contributed by atoms with Crippen molar-refractivity contribution in [3.05, 3.63) is 58.6 Å². The summed E-state index contributed by atoms with van der Waals surface area (Å²) in [7, 11) is 0. The van der Waals surface area contributed by atoms with Gasteiger partial charge in [0.15, 0.2) is 0 Å². The van der Waals surface area contributed by atoms with Crippen molar-refractivity contribution >= 4 is 17.2 Å². The van der Waals surface area contributed by atoms with Gasteiger partial charge >= 0.3 is 0 Å². The Hall–Kier alpha value is -2.84. The van der Waals surface area contributed by atoms with Crippen LogP contribution in [0.5, 0.6) is 5.75 Å². The molecule has 1 atom stereocenters. The lowest BCUT2D eigenvalue weighted by molar-refractivity contribution is 0.0497. The average Bonchev–Trinajstić information content (AvgIpc) is 3.33. The summed E-state index contributed by atoms with van der Waals surface area (Å²) in [5.41, 5.74) is 2.29. The number of nitrogens with one attached hydrogen (secondary N) is 1. The molecule has 0 unspecified atom stereocenters. The lowest BCUT2D eigenvalue weighted by Crippen LogP contribution is -2.27. The molecule has 7 nitrogen and oxygen atoms in total. The third-order valence-electron chi connectivity index (χ3n) is 5.79. The normalized spacial score (nSPS) is 15.2. The van der Waals surface area contributed by atoms with Gasteiger partial charge in [-0.05, 0) is 57.2 Å². The molecule has 174 valence electrons. The Morgan fingerprint density at radius 2 is 1.94 bits per heavy atom. The second-order valence-corrected chi connectivity index (χ2v) is 9.47. The fourth-order valence-electron chi connectivity index (χ4n) is 3.66. The number of carbonyl (C=O) groups excluding carboxylic acids is 1. The predicted molar refractivity (Wildman–Crippen MR) is 129 cm³/mol. The largest absolute Gasteiger partial charge is 0.493 e. The number of aryl methyl sites for hydroxylation is 2. The maximum atomic E-state index is 13.2. The molecule has 8 heteroatoms. The molecular formula is C25H30N4O3S. The summed E-state index contributed by atoms with van der Waals surface area (Å²) < 4.78 is 11.6. The molecule has 1 saturated heterocycles. The van der Waals surface area contributed by atoms with Gasteiger partial charge in [0, 0.05) is 53.4 Å². The summed E-state index contributed by atoms with van der Waals surface area (Å²) in [5, 5.41) is 3.94. The van der Waals surface area contributed by atoms with Crippen molar-refractivity contribution in [1.29, 1.82) is 0 Å². The van der Waals surface area contributed by atoms with Gasteiger partial charge in [0.25, 0.3) is 5.91 Å². The standard InChI is InChI=1S/C25H30N4O3S/c1-4-23-14-28-25(33-23)20-9-19(10-22(11-20)32-15-18-5-7-31-8-6-18)24(30)29-16(2)21-12-26-17(3)27-13-21/h9-14,16,18H,4-8,15H2,1-3H3,(H,29,30)/t16-/m1/s1. The number of nitrogens with zero attached hydrogens (tertiary/aromatic N) is 3. The number of thiazole rings is 1. The third-order valence-corrected chi connectivity index (χ3v) is 6.98. The second-order valence-electron chi connectivity index (χ2n) is 8.36. The van der Waals surface area contributed by atoms with E-state index in [4.69, 9.17) is 9.47 Å². The zero-order valence-corrected chi connectivity index (χ0v) is 20.2. The molecule has 0 aliphatic carbocycles. The van der Waals surface area contributed by atoms with E-state index < -0.39 is 0 Å². The summed E-state index contributed by atoms with van der Waals surface area (Å²) in [5.74, 6) is 1.68. The van der Waals surface area contributed by atoms with Crippen LogP contribution in [0.25, 0.3) is 10.6 Å². The first-order valence-electron chi connectivity index (χ1n) is 11.4. The van der Waals surface area contributed by atoms with E-state index in [0.29, 0.717) is 29.7 Å². The Balaban J connectivity index is 1.55. The molecule has 0 spiro atoms. The topological polar surface area (TPSA) is 86.2 Å². The van der Waals surface area contributed by atoms with Gasteiger partial charge in [-0.1, -0.05) is 6.92 Å². The number of carbonyl (C=O) groups is 1. The van der Waals surface area contributed by atoms with Gasteiger partial charge in [-0.2, -0.15) is 0 Å². The molecule has 1 fully saturated rings. The van der Waals surface area contributed by atoms with E-state index >= 15 is 0 Å². The highest BCUT2D eigenvalue weighted by Gasteiger charge is 2.18. The van der Waals surface area contributed by atoms with Crippen molar-refractivity contribution in [3.8, 4) is 16.3 Å². The Labute approximate surface area is 198 Å². The van der Waals surface area contributed by atoms with E-state index in [2.05, 4.69) is 27.2 Å². The van der Waals surface area contributed by atoms with Crippen LogP contribution in [-0.2, 0) is 11.2 Å². The van der Waals surface area contributed by atoms with Gasteiger partial charge in [0.2, 0.25) is 0 Å². The van der Waals surface area contributed by atoms with Crippen LogP contribution in [0.15, 0.2) is 36.8 Å². The smallest absolute Gasteiger partial charge is 0.251 e. The molecule has 3 aromatic rings. The SMILES string of the molecule is CCc1cnc(-c2cc(OCC3CCOCC3)cc(C(=O)N[C@H](C)c3cnc(C)nc3)c2)s1. The van der Waals surface area contributed by atoms with E-state index in [9.17, 15) is 4.79 Å². The molecule has 1 aliphatic heterocycles. The lowest BCUT2D eigenvalue weighted by Gasteiger charge is -2.22. The third kappa shape index (κ3) is 6.15. The molecule has 33 heavy (non-hydrogen) atoms. The fraction of sp³-hybridized carbons (Fsp3) is 0.440. The monoisotopic (exact) mass is 466 g/mol. The van der Waals surface area contributed by atoms with E-state index in [1.165, 1.54) is 4.88 Å². The molecule has 0 radical (unpaired) electrons. The first-order chi connectivity index (χ1) is 16.0. The van der Waals surface area contributed by atoms with Crippen LogP contribution in [0, 0.1) is 12.8 Å². The van der Waals surface area contributed by atoms with Gasteiger partial charge in [-0.25, -0.2) is 15.0 Å².